The van der Waals surface area contributed by atoms with Crippen molar-refractivity contribution in [1.82, 2.24) is 10.2 Å². The minimum absolute atomic E-state index is 0.0506. The van der Waals surface area contributed by atoms with Gasteiger partial charge >= 0.3 is 0 Å². The normalized spacial score (nSPS) is 15.0. The molecule has 2 amide bonds. The number of benzene rings is 3. The third-order valence-corrected chi connectivity index (χ3v) is 5.97. The Morgan fingerprint density at radius 1 is 1.03 bits per heavy atom. The molecule has 0 bridgehead atoms. The fourth-order valence-corrected chi connectivity index (χ4v) is 4.23. The van der Waals surface area contributed by atoms with Crippen molar-refractivity contribution >= 4 is 17.5 Å². The molecule has 1 saturated heterocycles. The van der Waals surface area contributed by atoms with Crippen molar-refractivity contribution < 1.29 is 14.3 Å². The standard InChI is InChI=1S/C26H25N3O3/c1-2-25(30)29-15-19(16-29)28-18-12-22(24-14-27-26(31)23(24)13-18)17-8-10-21(11-9-17)32-20-6-4-3-5-7-20/h3-13,19,28H,2,14-16H2,1H3,(H,27,31). The summed E-state index contributed by atoms with van der Waals surface area (Å²) in [5, 5.41) is 6.43. The van der Waals surface area contributed by atoms with E-state index < -0.39 is 0 Å². The van der Waals surface area contributed by atoms with Crippen molar-refractivity contribution in [2.45, 2.75) is 25.9 Å². The van der Waals surface area contributed by atoms with Crippen LogP contribution in [0, 0.1) is 0 Å². The van der Waals surface area contributed by atoms with Gasteiger partial charge in [0.25, 0.3) is 5.91 Å². The monoisotopic (exact) mass is 427 g/mol. The first kappa shape index (κ1) is 20.1. The maximum Gasteiger partial charge on any atom is 0.251 e. The summed E-state index contributed by atoms with van der Waals surface area (Å²) in [5.74, 6) is 1.67. The van der Waals surface area contributed by atoms with Crippen molar-refractivity contribution in [3.8, 4) is 22.6 Å². The number of likely N-dealkylation sites (tertiary alicyclic amines) is 1. The van der Waals surface area contributed by atoms with Crippen molar-refractivity contribution in [1.29, 1.82) is 0 Å². The zero-order chi connectivity index (χ0) is 22.1. The maximum absolute atomic E-state index is 12.4. The molecule has 0 spiro atoms. The smallest absolute Gasteiger partial charge is 0.251 e. The number of para-hydroxylation sites is 1. The molecule has 0 radical (unpaired) electrons. The number of hydrogen-bond acceptors (Lipinski definition) is 4. The minimum atomic E-state index is -0.0506. The summed E-state index contributed by atoms with van der Waals surface area (Å²) in [5.41, 5.74) is 4.66. The van der Waals surface area contributed by atoms with Crippen LogP contribution in [0.25, 0.3) is 11.1 Å². The topological polar surface area (TPSA) is 70.7 Å². The zero-order valence-electron chi connectivity index (χ0n) is 17.9. The molecule has 0 atom stereocenters. The molecular formula is C26H25N3O3. The fraction of sp³-hybridized carbons (Fsp3) is 0.231. The van der Waals surface area contributed by atoms with Gasteiger partial charge in [-0.1, -0.05) is 37.3 Å². The second kappa shape index (κ2) is 8.38. The van der Waals surface area contributed by atoms with Gasteiger partial charge in [0.15, 0.2) is 0 Å². The molecule has 0 unspecified atom stereocenters. The number of fused-ring (bicyclic) bond motifs is 1. The van der Waals surface area contributed by atoms with Gasteiger partial charge in [-0.2, -0.15) is 0 Å². The highest BCUT2D eigenvalue weighted by atomic mass is 16.5. The summed E-state index contributed by atoms with van der Waals surface area (Å²) in [4.78, 5) is 26.1. The summed E-state index contributed by atoms with van der Waals surface area (Å²) in [7, 11) is 0. The third kappa shape index (κ3) is 3.91. The summed E-state index contributed by atoms with van der Waals surface area (Å²) >= 11 is 0. The van der Waals surface area contributed by atoms with Crippen LogP contribution in [0.15, 0.2) is 66.7 Å². The fourth-order valence-electron chi connectivity index (χ4n) is 4.23. The molecule has 32 heavy (non-hydrogen) atoms. The van der Waals surface area contributed by atoms with Crippen molar-refractivity contribution in [2.24, 2.45) is 0 Å². The van der Waals surface area contributed by atoms with Gasteiger partial charge in [0.1, 0.15) is 11.5 Å². The van der Waals surface area contributed by atoms with Crippen LogP contribution in [0.1, 0.15) is 29.3 Å². The van der Waals surface area contributed by atoms with Gasteiger partial charge in [-0.25, -0.2) is 0 Å². The number of ether oxygens (including phenoxy) is 1. The number of nitrogens with zero attached hydrogens (tertiary/aromatic N) is 1. The van der Waals surface area contributed by atoms with Gasteiger partial charge in [-0.05, 0) is 53.1 Å². The third-order valence-electron chi connectivity index (χ3n) is 5.97. The quantitative estimate of drug-likeness (QED) is 0.611. The predicted molar refractivity (Wildman–Crippen MR) is 124 cm³/mol. The second-order valence-corrected chi connectivity index (χ2v) is 8.17. The van der Waals surface area contributed by atoms with E-state index in [2.05, 4.69) is 16.7 Å². The van der Waals surface area contributed by atoms with Crippen LogP contribution in [0.3, 0.4) is 0 Å². The number of amides is 2. The second-order valence-electron chi connectivity index (χ2n) is 8.17. The molecule has 2 aliphatic rings. The largest absolute Gasteiger partial charge is 0.457 e. The summed E-state index contributed by atoms with van der Waals surface area (Å²) in [6, 6.07) is 21.8. The minimum Gasteiger partial charge on any atom is -0.457 e. The zero-order valence-corrected chi connectivity index (χ0v) is 17.9. The molecule has 6 nitrogen and oxygen atoms in total. The first-order chi connectivity index (χ1) is 15.6. The number of carbonyl (C=O) groups is 2. The van der Waals surface area contributed by atoms with Crippen molar-refractivity contribution in [3.05, 3.63) is 77.9 Å². The molecule has 3 aromatic rings. The van der Waals surface area contributed by atoms with Gasteiger partial charge in [0, 0.05) is 37.3 Å². The molecule has 2 aliphatic heterocycles. The molecule has 3 aromatic carbocycles. The Morgan fingerprint density at radius 3 is 2.44 bits per heavy atom. The summed E-state index contributed by atoms with van der Waals surface area (Å²) in [6.45, 7) is 3.78. The van der Waals surface area contributed by atoms with Crippen LogP contribution < -0.4 is 15.4 Å². The van der Waals surface area contributed by atoms with Crippen LogP contribution in [0.4, 0.5) is 5.69 Å². The average Bonchev–Trinajstić information content (AvgIpc) is 3.17. The molecular weight excluding hydrogens is 402 g/mol. The van der Waals surface area contributed by atoms with Crippen molar-refractivity contribution in [2.75, 3.05) is 18.4 Å². The molecule has 5 rings (SSSR count). The molecule has 2 N–H and O–H groups in total. The van der Waals surface area contributed by atoms with Gasteiger partial charge in [-0.15, -0.1) is 0 Å². The first-order valence-electron chi connectivity index (χ1n) is 10.9. The molecule has 0 saturated carbocycles. The lowest BCUT2D eigenvalue weighted by Crippen LogP contribution is -2.56. The number of hydrogen-bond donors (Lipinski definition) is 2. The number of rotatable bonds is 6. The van der Waals surface area contributed by atoms with Crippen LogP contribution in [-0.2, 0) is 11.3 Å². The maximum atomic E-state index is 12.4. The van der Waals surface area contributed by atoms with E-state index in [1.807, 2.05) is 72.5 Å². The van der Waals surface area contributed by atoms with E-state index in [9.17, 15) is 9.59 Å². The van der Waals surface area contributed by atoms with Crippen molar-refractivity contribution in [3.63, 3.8) is 0 Å². The van der Waals surface area contributed by atoms with E-state index in [1.165, 1.54) is 0 Å². The highest BCUT2D eigenvalue weighted by molar-refractivity contribution is 6.01. The van der Waals surface area contributed by atoms with E-state index in [0.717, 1.165) is 33.9 Å². The lowest BCUT2D eigenvalue weighted by atomic mass is 9.95. The molecule has 162 valence electrons. The van der Waals surface area contributed by atoms with Crippen LogP contribution in [0.5, 0.6) is 11.5 Å². The van der Waals surface area contributed by atoms with Crippen LogP contribution in [-0.4, -0.2) is 35.8 Å². The van der Waals surface area contributed by atoms with E-state index in [-0.39, 0.29) is 17.9 Å². The number of carbonyl (C=O) groups excluding carboxylic acids is 2. The SMILES string of the molecule is CCC(=O)N1CC(Nc2cc3c(c(-c4ccc(Oc5ccccc5)cc4)c2)CNC3=O)C1. The first-order valence-corrected chi connectivity index (χ1v) is 10.9. The lowest BCUT2D eigenvalue weighted by Gasteiger charge is -2.40. The van der Waals surface area contributed by atoms with Gasteiger partial charge in [0.2, 0.25) is 5.91 Å². The summed E-state index contributed by atoms with van der Waals surface area (Å²) in [6.07, 6.45) is 0.528. The number of nitrogens with one attached hydrogen (secondary N) is 2. The van der Waals surface area contributed by atoms with Gasteiger partial charge in [-0.3, -0.25) is 9.59 Å². The molecule has 1 fully saturated rings. The predicted octanol–water partition coefficient (Wildman–Crippen LogP) is 4.42. The van der Waals surface area contributed by atoms with Gasteiger partial charge in [0.05, 0.1) is 6.04 Å². The van der Waals surface area contributed by atoms with E-state index in [1.54, 1.807) is 0 Å². The Morgan fingerprint density at radius 2 is 1.72 bits per heavy atom. The Bertz CT molecular complexity index is 1150. The lowest BCUT2D eigenvalue weighted by molar-refractivity contribution is -0.134. The van der Waals surface area contributed by atoms with E-state index in [0.29, 0.717) is 31.6 Å². The van der Waals surface area contributed by atoms with E-state index >= 15 is 0 Å². The Balaban J connectivity index is 1.38. The van der Waals surface area contributed by atoms with Crippen LogP contribution >= 0.6 is 0 Å². The number of anilines is 1. The molecule has 0 aliphatic carbocycles. The highest BCUT2D eigenvalue weighted by Gasteiger charge is 2.30. The Kier molecular flexibility index (Phi) is 5.27. The molecule has 2 heterocycles. The highest BCUT2D eigenvalue weighted by Crippen LogP contribution is 2.34. The van der Waals surface area contributed by atoms with E-state index in [4.69, 9.17) is 4.74 Å². The molecule has 0 aromatic heterocycles. The Labute approximate surface area is 187 Å². The van der Waals surface area contributed by atoms with Gasteiger partial charge < -0.3 is 20.3 Å². The summed E-state index contributed by atoms with van der Waals surface area (Å²) < 4.78 is 5.91. The average molecular weight is 428 g/mol. The Hall–Kier alpha value is -3.80. The molecule has 6 heteroatoms. The van der Waals surface area contributed by atoms with Crippen LogP contribution in [0.2, 0.25) is 0 Å².